The van der Waals surface area contributed by atoms with E-state index in [9.17, 15) is 4.79 Å². The largest absolute Gasteiger partial charge is 0.495 e. The Balaban J connectivity index is 3.31. The molecule has 0 radical (unpaired) electrons. The van der Waals surface area contributed by atoms with Crippen molar-refractivity contribution >= 4 is 40.5 Å². The Bertz CT molecular complexity index is 451. The third-order valence-corrected chi connectivity index (χ3v) is 2.57. The molecule has 0 aliphatic carbocycles. The van der Waals surface area contributed by atoms with Crippen molar-refractivity contribution in [2.75, 3.05) is 17.9 Å². The molecule has 0 spiro atoms. The molecule has 0 heterocycles. The quantitative estimate of drug-likeness (QED) is 0.674. The predicted molar refractivity (Wildman–Crippen MR) is 72.7 cm³/mol. The summed E-state index contributed by atoms with van der Waals surface area (Å²) in [5.41, 5.74) is 7.01. The second-order valence-corrected chi connectivity index (χ2v) is 4.06. The Morgan fingerprint density at radius 2 is 2.24 bits per heavy atom. The van der Waals surface area contributed by atoms with Crippen molar-refractivity contribution in [3.63, 3.8) is 0 Å². The molecular weight excluding hydrogens is 260 g/mol. The predicted octanol–water partition coefficient (Wildman–Crippen LogP) is 1.82. The molecule has 92 valence electrons. The van der Waals surface area contributed by atoms with Crippen molar-refractivity contribution in [2.24, 2.45) is 5.73 Å². The number of aryl methyl sites for hydroxylation is 1. The number of carbonyl (C=O) groups is 1. The lowest BCUT2D eigenvalue weighted by molar-refractivity contribution is -0.115. The van der Waals surface area contributed by atoms with Gasteiger partial charge in [0.05, 0.1) is 12.8 Å². The van der Waals surface area contributed by atoms with Gasteiger partial charge in [0.2, 0.25) is 5.91 Å². The summed E-state index contributed by atoms with van der Waals surface area (Å²) in [6.07, 6.45) is 0. The van der Waals surface area contributed by atoms with Crippen molar-refractivity contribution < 1.29 is 9.53 Å². The fourth-order valence-corrected chi connectivity index (χ4v) is 1.73. The lowest BCUT2D eigenvalue weighted by Gasteiger charge is -2.22. The first-order valence-corrected chi connectivity index (χ1v) is 5.78. The molecule has 1 aromatic rings. The van der Waals surface area contributed by atoms with Crippen LogP contribution in [0.1, 0.15) is 5.56 Å². The number of anilines is 1. The number of nitrogens with two attached hydrogens (primary N) is 1. The number of methoxy groups -OCH3 is 1. The van der Waals surface area contributed by atoms with Crippen LogP contribution in [0.2, 0.25) is 0 Å². The van der Waals surface area contributed by atoms with Gasteiger partial charge in [-0.25, -0.2) is 0 Å². The molecule has 1 aromatic carbocycles. The van der Waals surface area contributed by atoms with Crippen LogP contribution in [0.25, 0.3) is 0 Å². The summed E-state index contributed by atoms with van der Waals surface area (Å²) in [7, 11) is 1.51. The number of ether oxygens (including phenoxy) is 1. The number of nitrogens with zero attached hydrogens (tertiary/aromatic N) is 1. The normalized spacial score (nSPS) is 9.82. The highest BCUT2D eigenvalue weighted by molar-refractivity contribution is 7.80. The fourth-order valence-electron chi connectivity index (χ4n) is 1.41. The van der Waals surface area contributed by atoms with Crippen LogP contribution < -0.4 is 15.4 Å². The van der Waals surface area contributed by atoms with E-state index in [-0.39, 0.29) is 16.9 Å². The Hall–Kier alpha value is -1.33. The Kier molecular flexibility index (Phi) is 4.72. The molecule has 0 saturated heterocycles. The molecule has 0 bridgehead atoms. The number of halogens is 1. The zero-order valence-corrected chi connectivity index (χ0v) is 11.1. The Morgan fingerprint density at radius 3 is 2.71 bits per heavy atom. The number of hydrogen-bond acceptors (Lipinski definition) is 3. The van der Waals surface area contributed by atoms with E-state index in [1.165, 1.54) is 12.0 Å². The maximum absolute atomic E-state index is 11.7. The Morgan fingerprint density at radius 1 is 1.59 bits per heavy atom. The second-order valence-electron chi connectivity index (χ2n) is 3.38. The number of carbonyl (C=O) groups excluding carboxylic acids is 1. The van der Waals surface area contributed by atoms with Gasteiger partial charge in [0.15, 0.2) is 5.11 Å². The smallest absolute Gasteiger partial charge is 0.248 e. The zero-order chi connectivity index (χ0) is 13.0. The lowest BCUT2D eigenvalue weighted by Crippen LogP contribution is -2.41. The first kappa shape index (κ1) is 13.7. The molecule has 2 N–H and O–H groups in total. The van der Waals surface area contributed by atoms with Crippen molar-refractivity contribution in [1.29, 1.82) is 0 Å². The first-order chi connectivity index (χ1) is 8.01. The number of rotatable bonds is 3. The molecule has 6 heteroatoms. The molecule has 1 rings (SSSR count). The van der Waals surface area contributed by atoms with E-state index in [0.717, 1.165) is 5.56 Å². The van der Waals surface area contributed by atoms with Gasteiger partial charge in [-0.2, -0.15) is 0 Å². The summed E-state index contributed by atoms with van der Waals surface area (Å²) in [5, 5.41) is -0.0560. The summed E-state index contributed by atoms with van der Waals surface area (Å²) in [6, 6.07) is 5.38. The summed E-state index contributed by atoms with van der Waals surface area (Å²) in [4.78, 5) is 12.9. The van der Waals surface area contributed by atoms with Crippen LogP contribution in [-0.2, 0) is 4.79 Å². The van der Waals surface area contributed by atoms with Gasteiger partial charge < -0.3 is 10.5 Å². The van der Waals surface area contributed by atoms with E-state index < -0.39 is 0 Å². The molecule has 0 aliphatic heterocycles. The van der Waals surface area contributed by atoms with Gasteiger partial charge in [-0.3, -0.25) is 9.69 Å². The zero-order valence-electron chi connectivity index (χ0n) is 9.57. The molecule has 17 heavy (non-hydrogen) atoms. The van der Waals surface area contributed by atoms with E-state index in [1.54, 1.807) is 12.1 Å². The van der Waals surface area contributed by atoms with Crippen LogP contribution >= 0.6 is 23.8 Å². The van der Waals surface area contributed by atoms with Crippen LogP contribution in [0.3, 0.4) is 0 Å². The van der Waals surface area contributed by atoms with Gasteiger partial charge in [0.1, 0.15) is 11.6 Å². The number of alkyl halides is 1. The second kappa shape index (κ2) is 5.84. The van der Waals surface area contributed by atoms with Crippen LogP contribution in [0.5, 0.6) is 5.75 Å². The molecule has 0 aliphatic rings. The van der Waals surface area contributed by atoms with Crippen molar-refractivity contribution in [1.82, 2.24) is 0 Å². The monoisotopic (exact) mass is 272 g/mol. The maximum Gasteiger partial charge on any atom is 0.248 e. The van der Waals surface area contributed by atoms with Gasteiger partial charge in [-0.15, -0.1) is 11.6 Å². The standard InChI is InChI=1S/C11H13ClN2O2S/c1-7-3-4-9(16-2)8(5-7)14(11(13)17)10(15)6-12/h3-5H,6H2,1-2H3,(H2,13,17). The summed E-state index contributed by atoms with van der Waals surface area (Å²) in [6.45, 7) is 1.89. The number of thiocarbonyl (C=S) groups is 1. The molecule has 1 amide bonds. The van der Waals surface area contributed by atoms with Crippen LogP contribution in [0.4, 0.5) is 5.69 Å². The topological polar surface area (TPSA) is 55.6 Å². The minimum absolute atomic E-state index is 0.0560. The van der Waals surface area contributed by atoms with Crippen molar-refractivity contribution in [2.45, 2.75) is 6.92 Å². The molecule has 0 saturated carbocycles. The molecule has 0 fully saturated rings. The van der Waals surface area contributed by atoms with Crippen molar-refractivity contribution in [3.05, 3.63) is 23.8 Å². The number of hydrogen-bond donors (Lipinski definition) is 1. The van der Waals surface area contributed by atoms with E-state index in [4.69, 9.17) is 34.3 Å². The van der Waals surface area contributed by atoms with Gasteiger partial charge in [0.25, 0.3) is 0 Å². The van der Waals surface area contributed by atoms with Gasteiger partial charge >= 0.3 is 0 Å². The van der Waals surface area contributed by atoms with E-state index in [2.05, 4.69) is 0 Å². The number of benzene rings is 1. The van der Waals surface area contributed by atoms with Gasteiger partial charge in [-0.1, -0.05) is 6.07 Å². The molecule has 0 unspecified atom stereocenters. The molecular formula is C11H13ClN2O2S. The van der Waals surface area contributed by atoms with E-state index in [1.807, 2.05) is 13.0 Å². The average Bonchev–Trinajstić information content (AvgIpc) is 2.29. The average molecular weight is 273 g/mol. The number of amides is 1. The highest BCUT2D eigenvalue weighted by Crippen LogP contribution is 2.29. The fraction of sp³-hybridized carbons (Fsp3) is 0.273. The minimum atomic E-state index is -0.386. The van der Waals surface area contributed by atoms with Crippen LogP contribution in [-0.4, -0.2) is 24.0 Å². The van der Waals surface area contributed by atoms with E-state index in [0.29, 0.717) is 11.4 Å². The third-order valence-electron chi connectivity index (χ3n) is 2.16. The van der Waals surface area contributed by atoms with Gasteiger partial charge in [-0.05, 0) is 36.8 Å². The molecule has 0 aromatic heterocycles. The van der Waals surface area contributed by atoms with Crippen LogP contribution in [0.15, 0.2) is 18.2 Å². The first-order valence-electron chi connectivity index (χ1n) is 4.84. The van der Waals surface area contributed by atoms with Gasteiger partial charge in [0, 0.05) is 0 Å². The van der Waals surface area contributed by atoms with Crippen LogP contribution in [0, 0.1) is 6.92 Å². The van der Waals surface area contributed by atoms with E-state index >= 15 is 0 Å². The summed E-state index contributed by atoms with van der Waals surface area (Å²) < 4.78 is 5.17. The lowest BCUT2D eigenvalue weighted by atomic mass is 10.2. The Labute approximate surface area is 110 Å². The SMILES string of the molecule is COc1ccc(C)cc1N(C(=O)CCl)C(N)=S. The molecule has 4 nitrogen and oxygen atoms in total. The third kappa shape index (κ3) is 3.08. The maximum atomic E-state index is 11.7. The highest BCUT2D eigenvalue weighted by atomic mass is 35.5. The summed E-state index contributed by atoms with van der Waals surface area (Å²) in [5.74, 6) is -0.0704. The highest BCUT2D eigenvalue weighted by Gasteiger charge is 2.21. The minimum Gasteiger partial charge on any atom is -0.495 e. The molecule has 0 atom stereocenters. The summed E-state index contributed by atoms with van der Waals surface area (Å²) >= 11 is 10.4. The van der Waals surface area contributed by atoms with Crippen molar-refractivity contribution in [3.8, 4) is 5.75 Å².